The number of rotatable bonds is 6. The highest BCUT2D eigenvalue weighted by Crippen LogP contribution is 2.29. The number of hydrogen-bond acceptors (Lipinski definition) is 6. The van der Waals surface area contributed by atoms with Crippen LogP contribution < -0.4 is 10.0 Å². The number of carboxylic acids is 1. The minimum atomic E-state index is -3.86. The topological polar surface area (TPSA) is 108 Å². The van der Waals surface area contributed by atoms with Crippen LogP contribution in [0.15, 0.2) is 46.8 Å². The minimum absolute atomic E-state index is 0.164. The molecule has 0 radical (unpaired) electrons. The standard InChI is InChI=1S/C20H20ClN3O4S2/c21-12-1-6-15-16(7-9-22-17(15)11-12)23-13-2-4-14(5-3-13)24-30(27,28)18-8-10-29-19(18)20(25)26/h1,6-11,13-14,24H,2-5H2,(H,22,23)(H,25,26). The number of aromatic nitrogens is 1. The van der Waals surface area contributed by atoms with Crippen LogP contribution in [-0.2, 0) is 10.0 Å². The molecule has 1 aliphatic rings. The second kappa shape index (κ2) is 8.50. The Hall–Kier alpha value is -2.20. The van der Waals surface area contributed by atoms with Crippen molar-refractivity contribution in [2.45, 2.75) is 42.7 Å². The van der Waals surface area contributed by atoms with E-state index >= 15 is 0 Å². The predicted molar refractivity (Wildman–Crippen MR) is 118 cm³/mol. The Morgan fingerprint density at radius 1 is 1.13 bits per heavy atom. The highest BCUT2D eigenvalue weighted by Gasteiger charge is 2.29. The second-order valence-corrected chi connectivity index (χ2v) is 10.3. The summed E-state index contributed by atoms with van der Waals surface area (Å²) < 4.78 is 27.9. The molecule has 7 nitrogen and oxygen atoms in total. The number of sulfonamides is 1. The Labute approximate surface area is 183 Å². The van der Waals surface area contributed by atoms with Crippen LogP contribution in [0.5, 0.6) is 0 Å². The summed E-state index contributed by atoms with van der Waals surface area (Å²) in [6.45, 7) is 0. The van der Waals surface area contributed by atoms with Crippen molar-refractivity contribution in [3.8, 4) is 0 Å². The summed E-state index contributed by atoms with van der Waals surface area (Å²) in [6.07, 6.45) is 4.65. The molecule has 1 aromatic carbocycles. The van der Waals surface area contributed by atoms with Gasteiger partial charge in [-0.2, -0.15) is 0 Å². The van der Waals surface area contributed by atoms with Gasteiger partial charge in [-0.25, -0.2) is 17.9 Å². The maximum absolute atomic E-state index is 12.6. The number of fused-ring (bicyclic) bond motifs is 1. The molecule has 0 saturated heterocycles. The summed E-state index contributed by atoms with van der Waals surface area (Å²) in [5.74, 6) is -1.23. The summed E-state index contributed by atoms with van der Waals surface area (Å²) in [4.78, 5) is 15.3. The van der Waals surface area contributed by atoms with E-state index in [1.165, 1.54) is 11.4 Å². The molecule has 30 heavy (non-hydrogen) atoms. The van der Waals surface area contributed by atoms with Crippen molar-refractivity contribution >= 4 is 55.5 Å². The summed E-state index contributed by atoms with van der Waals surface area (Å²) in [5.41, 5.74) is 1.80. The molecule has 2 aromatic heterocycles. The van der Waals surface area contributed by atoms with Crippen molar-refractivity contribution < 1.29 is 18.3 Å². The van der Waals surface area contributed by atoms with Crippen molar-refractivity contribution in [3.63, 3.8) is 0 Å². The van der Waals surface area contributed by atoms with Crippen LogP contribution in [0.25, 0.3) is 10.9 Å². The lowest BCUT2D eigenvalue weighted by Crippen LogP contribution is -2.40. The first kappa shape index (κ1) is 21.0. The van der Waals surface area contributed by atoms with Crippen molar-refractivity contribution in [2.24, 2.45) is 0 Å². The molecule has 10 heteroatoms. The Morgan fingerprint density at radius 2 is 1.87 bits per heavy atom. The van der Waals surface area contributed by atoms with E-state index < -0.39 is 16.0 Å². The average Bonchev–Trinajstić information content (AvgIpc) is 3.21. The lowest BCUT2D eigenvalue weighted by atomic mass is 9.91. The number of hydrogen-bond donors (Lipinski definition) is 3. The van der Waals surface area contributed by atoms with Gasteiger partial charge in [0.25, 0.3) is 0 Å². The number of pyridine rings is 1. The highest BCUT2D eigenvalue weighted by molar-refractivity contribution is 7.89. The van der Waals surface area contributed by atoms with Gasteiger partial charge in [0.2, 0.25) is 10.0 Å². The zero-order chi connectivity index (χ0) is 21.3. The zero-order valence-electron chi connectivity index (χ0n) is 15.8. The van der Waals surface area contributed by atoms with E-state index in [1.807, 2.05) is 24.3 Å². The largest absolute Gasteiger partial charge is 0.477 e. The number of halogens is 1. The van der Waals surface area contributed by atoms with E-state index in [2.05, 4.69) is 15.0 Å². The van der Waals surface area contributed by atoms with Gasteiger partial charge < -0.3 is 10.4 Å². The molecule has 4 rings (SSSR count). The third-order valence-corrected chi connectivity index (χ3v) is 8.06. The van der Waals surface area contributed by atoms with Crippen molar-refractivity contribution in [3.05, 3.63) is 51.8 Å². The Balaban J connectivity index is 1.40. The maximum Gasteiger partial charge on any atom is 0.347 e. The number of carboxylic acid groups (broad SMARTS) is 1. The molecule has 158 valence electrons. The smallest absolute Gasteiger partial charge is 0.347 e. The Bertz CT molecular complexity index is 1190. The highest BCUT2D eigenvalue weighted by atomic mass is 35.5. The zero-order valence-corrected chi connectivity index (χ0v) is 18.2. The van der Waals surface area contributed by atoms with E-state index in [4.69, 9.17) is 11.6 Å². The van der Waals surface area contributed by atoms with E-state index in [0.29, 0.717) is 17.9 Å². The molecule has 1 aliphatic carbocycles. The van der Waals surface area contributed by atoms with Gasteiger partial charge in [0.1, 0.15) is 9.77 Å². The SMILES string of the molecule is O=C(O)c1sccc1S(=O)(=O)NC1CCC(Nc2ccnc3cc(Cl)ccc23)CC1. The first-order valence-corrected chi connectivity index (χ1v) is 12.2. The van der Waals surface area contributed by atoms with Crippen LogP contribution in [0.2, 0.25) is 5.02 Å². The van der Waals surface area contributed by atoms with E-state index in [-0.39, 0.29) is 21.9 Å². The van der Waals surface area contributed by atoms with E-state index in [9.17, 15) is 18.3 Å². The van der Waals surface area contributed by atoms with Gasteiger partial charge in [-0.3, -0.25) is 4.98 Å². The quantitative estimate of drug-likeness (QED) is 0.499. The fourth-order valence-corrected chi connectivity index (χ4v) is 6.50. The molecule has 0 spiro atoms. The third-order valence-electron chi connectivity index (χ3n) is 5.23. The Morgan fingerprint density at radius 3 is 2.60 bits per heavy atom. The molecule has 0 aliphatic heterocycles. The lowest BCUT2D eigenvalue weighted by molar-refractivity contribution is 0.0698. The van der Waals surface area contributed by atoms with Gasteiger partial charge in [-0.15, -0.1) is 11.3 Å². The number of benzene rings is 1. The van der Waals surface area contributed by atoms with E-state index in [1.54, 1.807) is 6.20 Å². The van der Waals surface area contributed by atoms with Crippen LogP contribution in [0.3, 0.4) is 0 Å². The second-order valence-electron chi connectivity index (χ2n) is 7.25. The molecule has 1 fully saturated rings. The number of carbonyl (C=O) groups is 1. The van der Waals surface area contributed by atoms with Crippen LogP contribution in [0.4, 0.5) is 5.69 Å². The Kier molecular flexibility index (Phi) is 5.97. The predicted octanol–water partition coefficient (Wildman–Crippen LogP) is 4.35. The first-order valence-electron chi connectivity index (χ1n) is 9.47. The van der Waals surface area contributed by atoms with Crippen molar-refractivity contribution in [2.75, 3.05) is 5.32 Å². The lowest BCUT2D eigenvalue weighted by Gasteiger charge is -2.30. The molecule has 0 unspecified atom stereocenters. The van der Waals surface area contributed by atoms with Crippen LogP contribution in [0.1, 0.15) is 35.4 Å². The number of nitrogens with one attached hydrogen (secondary N) is 2. The maximum atomic E-state index is 12.6. The number of aromatic carboxylic acids is 1. The molecular formula is C20H20ClN3O4S2. The van der Waals surface area contributed by atoms with Crippen molar-refractivity contribution in [1.29, 1.82) is 0 Å². The fourth-order valence-electron chi connectivity index (χ4n) is 3.77. The van der Waals surface area contributed by atoms with Gasteiger partial charge >= 0.3 is 5.97 Å². The fraction of sp³-hybridized carbons (Fsp3) is 0.300. The van der Waals surface area contributed by atoms with Gasteiger partial charge in [0.15, 0.2) is 0 Å². The summed E-state index contributed by atoms with van der Waals surface area (Å²) in [6, 6.07) is 8.85. The minimum Gasteiger partial charge on any atom is -0.477 e. The first-order chi connectivity index (χ1) is 14.3. The molecule has 1 saturated carbocycles. The molecule has 0 bridgehead atoms. The van der Waals surface area contributed by atoms with Gasteiger partial charge in [-0.1, -0.05) is 11.6 Å². The molecule has 3 aromatic rings. The normalized spacial score (nSPS) is 19.6. The van der Waals surface area contributed by atoms with E-state index in [0.717, 1.165) is 40.8 Å². The molecule has 0 amide bonds. The number of anilines is 1. The number of nitrogens with zero attached hydrogens (tertiary/aromatic N) is 1. The van der Waals surface area contributed by atoms with Gasteiger partial charge in [-0.05, 0) is 61.4 Å². The molecule has 2 heterocycles. The summed E-state index contributed by atoms with van der Waals surface area (Å²) >= 11 is 6.96. The molecular weight excluding hydrogens is 446 g/mol. The van der Waals surface area contributed by atoms with Crippen LogP contribution in [-0.4, -0.2) is 36.6 Å². The molecule has 3 N–H and O–H groups in total. The summed E-state index contributed by atoms with van der Waals surface area (Å²) in [5, 5.41) is 15.8. The number of thiophene rings is 1. The average molecular weight is 466 g/mol. The summed E-state index contributed by atoms with van der Waals surface area (Å²) in [7, 11) is -3.86. The van der Waals surface area contributed by atoms with Crippen LogP contribution >= 0.6 is 22.9 Å². The van der Waals surface area contributed by atoms with Gasteiger partial charge in [0.05, 0.1) is 5.52 Å². The van der Waals surface area contributed by atoms with Gasteiger partial charge in [0, 0.05) is 34.4 Å². The van der Waals surface area contributed by atoms with Crippen LogP contribution in [0, 0.1) is 0 Å². The molecule has 0 atom stereocenters. The van der Waals surface area contributed by atoms with Crippen molar-refractivity contribution in [1.82, 2.24) is 9.71 Å². The monoisotopic (exact) mass is 465 g/mol. The third kappa shape index (κ3) is 4.44.